The first-order chi connectivity index (χ1) is 9.97. The molecule has 1 aromatic carbocycles. The molecule has 21 heavy (non-hydrogen) atoms. The largest absolute Gasteiger partial charge is 0.393 e. The van der Waals surface area contributed by atoms with Gasteiger partial charge in [0, 0.05) is 38.3 Å². The Morgan fingerprint density at radius 3 is 2.90 bits per heavy atom. The Hall–Kier alpha value is -2.19. The van der Waals surface area contributed by atoms with Crippen LogP contribution in [0.1, 0.15) is 16.8 Å². The number of ether oxygens (including phenoxy) is 2. The first-order valence-electron chi connectivity index (χ1n) is 6.42. The maximum Gasteiger partial charge on any atom is 0.292 e. The number of rotatable bonds is 5. The quantitative estimate of drug-likeness (QED) is 0.469. The topological polar surface area (TPSA) is 117 Å². The highest BCUT2D eigenvalue weighted by Gasteiger charge is 2.35. The highest BCUT2D eigenvalue weighted by atomic mass is 16.6. The fraction of sp³-hybridized carbons (Fsp3) is 0.462. The number of nitrogens with zero attached hydrogens (tertiary/aromatic N) is 1. The summed E-state index contributed by atoms with van der Waals surface area (Å²) in [5, 5.41) is 13.4. The van der Waals surface area contributed by atoms with Crippen LogP contribution in [0.5, 0.6) is 0 Å². The molecule has 2 rings (SSSR count). The van der Waals surface area contributed by atoms with Crippen LogP contribution in [0.4, 0.5) is 11.4 Å². The van der Waals surface area contributed by atoms with Crippen molar-refractivity contribution in [2.24, 2.45) is 0 Å². The molecule has 1 saturated heterocycles. The first kappa shape index (κ1) is 15.2. The number of methoxy groups -OCH3 is 1. The zero-order chi connectivity index (χ0) is 15.5. The molecule has 3 N–H and O–H groups in total. The number of benzene rings is 1. The average molecular weight is 295 g/mol. The van der Waals surface area contributed by atoms with E-state index in [1.165, 1.54) is 18.2 Å². The number of nitro benzene ring substituents is 1. The van der Waals surface area contributed by atoms with Crippen LogP contribution in [-0.4, -0.2) is 43.3 Å². The van der Waals surface area contributed by atoms with Crippen molar-refractivity contribution >= 4 is 17.3 Å². The standard InChI is InChI=1S/C13H17N3O5/c1-20-13(4-5-21-8-13)7-15-12(17)9-2-3-11(16(18)19)10(14)6-9/h2-3,6H,4-5,7-8,14H2,1H3,(H,15,17). The molecule has 1 aliphatic heterocycles. The Balaban J connectivity index is 2.03. The number of hydrogen-bond acceptors (Lipinski definition) is 6. The predicted molar refractivity (Wildman–Crippen MR) is 75.0 cm³/mol. The number of nitrogens with two attached hydrogens (primary N) is 1. The summed E-state index contributed by atoms with van der Waals surface area (Å²) in [5.74, 6) is -0.361. The Bertz CT molecular complexity index is 555. The summed E-state index contributed by atoms with van der Waals surface area (Å²) in [6.07, 6.45) is 0.701. The molecule has 1 unspecified atom stereocenters. The van der Waals surface area contributed by atoms with E-state index in [-0.39, 0.29) is 22.8 Å². The predicted octanol–water partition coefficient (Wildman–Crippen LogP) is 0.712. The Labute approximate surface area is 121 Å². The van der Waals surface area contributed by atoms with Gasteiger partial charge in [-0.1, -0.05) is 0 Å². The van der Waals surface area contributed by atoms with Crippen molar-refractivity contribution in [3.63, 3.8) is 0 Å². The van der Waals surface area contributed by atoms with E-state index in [1.54, 1.807) is 7.11 Å². The smallest absolute Gasteiger partial charge is 0.292 e. The van der Waals surface area contributed by atoms with E-state index in [0.29, 0.717) is 26.2 Å². The van der Waals surface area contributed by atoms with E-state index in [0.717, 1.165) is 0 Å². The van der Waals surface area contributed by atoms with Crippen LogP contribution in [0.15, 0.2) is 18.2 Å². The third-order valence-electron chi connectivity index (χ3n) is 3.56. The third kappa shape index (κ3) is 3.29. The monoisotopic (exact) mass is 295 g/mol. The van der Waals surface area contributed by atoms with Crippen LogP contribution in [0, 0.1) is 10.1 Å². The van der Waals surface area contributed by atoms with Gasteiger partial charge in [0.1, 0.15) is 11.3 Å². The van der Waals surface area contributed by atoms with Crippen molar-refractivity contribution < 1.29 is 19.2 Å². The van der Waals surface area contributed by atoms with Gasteiger partial charge >= 0.3 is 0 Å². The Morgan fingerprint density at radius 1 is 1.62 bits per heavy atom. The molecule has 8 nitrogen and oxygen atoms in total. The van der Waals surface area contributed by atoms with Crippen molar-refractivity contribution in [2.45, 2.75) is 12.0 Å². The SMILES string of the molecule is COC1(CNC(=O)c2ccc([N+](=O)[O-])c(N)c2)CCOC1. The molecule has 0 bridgehead atoms. The summed E-state index contributed by atoms with van der Waals surface area (Å²) in [4.78, 5) is 22.1. The van der Waals surface area contributed by atoms with Gasteiger partial charge in [0.15, 0.2) is 0 Å². The minimum atomic E-state index is -0.590. The molecule has 1 amide bonds. The second-order valence-corrected chi connectivity index (χ2v) is 4.90. The van der Waals surface area contributed by atoms with Crippen molar-refractivity contribution in [3.8, 4) is 0 Å². The summed E-state index contributed by atoms with van der Waals surface area (Å²) in [5.41, 5.74) is 5.06. The van der Waals surface area contributed by atoms with Gasteiger partial charge in [-0.3, -0.25) is 14.9 Å². The van der Waals surface area contributed by atoms with Crippen molar-refractivity contribution in [1.29, 1.82) is 0 Å². The fourth-order valence-corrected chi connectivity index (χ4v) is 2.17. The Morgan fingerprint density at radius 2 is 2.38 bits per heavy atom. The molecule has 0 radical (unpaired) electrons. The molecule has 8 heteroatoms. The molecule has 0 aromatic heterocycles. The molecule has 1 atom stereocenters. The van der Waals surface area contributed by atoms with Gasteiger partial charge in [0.2, 0.25) is 0 Å². The van der Waals surface area contributed by atoms with Crippen LogP contribution in [0.25, 0.3) is 0 Å². The third-order valence-corrected chi connectivity index (χ3v) is 3.56. The van der Waals surface area contributed by atoms with Crippen molar-refractivity contribution in [2.75, 3.05) is 32.6 Å². The number of hydrogen-bond donors (Lipinski definition) is 2. The zero-order valence-corrected chi connectivity index (χ0v) is 11.6. The van der Waals surface area contributed by atoms with E-state index < -0.39 is 10.5 Å². The maximum atomic E-state index is 12.1. The lowest BCUT2D eigenvalue weighted by Crippen LogP contribution is -2.45. The lowest BCUT2D eigenvalue weighted by atomic mass is 10.0. The zero-order valence-electron chi connectivity index (χ0n) is 11.6. The van der Waals surface area contributed by atoms with Gasteiger partial charge in [0.05, 0.1) is 11.5 Å². The minimum Gasteiger partial charge on any atom is -0.393 e. The molecular weight excluding hydrogens is 278 g/mol. The number of nitrogen functional groups attached to an aromatic ring is 1. The van der Waals surface area contributed by atoms with Crippen molar-refractivity contribution in [3.05, 3.63) is 33.9 Å². The Kier molecular flexibility index (Phi) is 4.39. The summed E-state index contributed by atoms with van der Waals surface area (Å²) in [6, 6.07) is 3.88. The molecule has 0 saturated carbocycles. The molecule has 0 aliphatic carbocycles. The highest BCUT2D eigenvalue weighted by Crippen LogP contribution is 2.23. The van der Waals surface area contributed by atoms with Gasteiger partial charge < -0.3 is 20.5 Å². The van der Waals surface area contributed by atoms with Gasteiger partial charge in [-0.2, -0.15) is 0 Å². The van der Waals surface area contributed by atoms with Crippen LogP contribution >= 0.6 is 0 Å². The molecule has 0 spiro atoms. The van der Waals surface area contributed by atoms with Gasteiger partial charge in [-0.05, 0) is 12.1 Å². The van der Waals surface area contributed by atoms with E-state index >= 15 is 0 Å². The number of nitro groups is 1. The molecular formula is C13H17N3O5. The number of anilines is 1. The lowest BCUT2D eigenvalue weighted by molar-refractivity contribution is -0.383. The number of nitrogens with one attached hydrogen (secondary N) is 1. The first-order valence-corrected chi connectivity index (χ1v) is 6.42. The summed E-state index contributed by atoms with van der Waals surface area (Å²) in [7, 11) is 1.57. The minimum absolute atomic E-state index is 0.0432. The molecule has 1 aromatic rings. The summed E-state index contributed by atoms with van der Waals surface area (Å²) < 4.78 is 10.7. The maximum absolute atomic E-state index is 12.1. The van der Waals surface area contributed by atoms with E-state index in [4.69, 9.17) is 15.2 Å². The molecule has 1 heterocycles. The number of carbonyl (C=O) groups is 1. The number of amides is 1. The van der Waals surface area contributed by atoms with Crippen molar-refractivity contribution in [1.82, 2.24) is 5.32 Å². The summed E-state index contributed by atoms with van der Waals surface area (Å²) in [6.45, 7) is 1.32. The van der Waals surface area contributed by atoms with Crippen LogP contribution in [0.3, 0.4) is 0 Å². The summed E-state index contributed by atoms with van der Waals surface area (Å²) >= 11 is 0. The molecule has 114 valence electrons. The average Bonchev–Trinajstić information content (AvgIpc) is 2.93. The second kappa shape index (κ2) is 6.06. The second-order valence-electron chi connectivity index (χ2n) is 4.90. The highest BCUT2D eigenvalue weighted by molar-refractivity contribution is 5.95. The van der Waals surface area contributed by atoms with Gasteiger partial charge in [-0.15, -0.1) is 0 Å². The van der Waals surface area contributed by atoms with E-state index in [2.05, 4.69) is 5.32 Å². The van der Waals surface area contributed by atoms with E-state index in [1.807, 2.05) is 0 Å². The van der Waals surface area contributed by atoms with E-state index in [9.17, 15) is 14.9 Å². The lowest BCUT2D eigenvalue weighted by Gasteiger charge is -2.25. The van der Waals surface area contributed by atoms with Crippen LogP contribution in [-0.2, 0) is 9.47 Å². The van der Waals surface area contributed by atoms with Crippen LogP contribution in [0.2, 0.25) is 0 Å². The number of carbonyl (C=O) groups excluding carboxylic acids is 1. The fourth-order valence-electron chi connectivity index (χ4n) is 2.17. The molecule has 1 fully saturated rings. The van der Waals surface area contributed by atoms with Gasteiger partial charge in [-0.25, -0.2) is 0 Å². The normalized spacial score (nSPS) is 21.2. The van der Waals surface area contributed by atoms with Gasteiger partial charge in [0.25, 0.3) is 11.6 Å². The molecule has 1 aliphatic rings. The van der Waals surface area contributed by atoms with Crippen LogP contribution < -0.4 is 11.1 Å².